The molecule has 0 radical (unpaired) electrons. The molecule has 0 amide bonds. The molecular weight excluding hydrogens is 488 g/mol. The van der Waals surface area contributed by atoms with Gasteiger partial charge in [0.2, 0.25) is 0 Å². The first-order valence-corrected chi connectivity index (χ1v) is 14.0. The number of aromatic nitrogens is 1. The lowest BCUT2D eigenvalue weighted by molar-refractivity contribution is 0.0127. The number of fused-ring (bicyclic) bond motifs is 1. The summed E-state index contributed by atoms with van der Waals surface area (Å²) < 4.78 is 27.2. The van der Waals surface area contributed by atoms with Crippen LogP contribution >= 0.6 is 11.8 Å². The Kier molecular flexibility index (Phi) is 8.12. The van der Waals surface area contributed by atoms with Crippen molar-refractivity contribution in [1.29, 1.82) is 0 Å². The number of hydrogen-bond acceptors (Lipinski definition) is 5. The number of thioether (sulfide) groups is 1. The van der Waals surface area contributed by atoms with Crippen LogP contribution in [0.1, 0.15) is 55.5 Å². The number of aryl methyl sites for hydroxylation is 1. The van der Waals surface area contributed by atoms with E-state index in [9.17, 15) is 8.78 Å². The summed E-state index contributed by atoms with van der Waals surface area (Å²) in [5.74, 6) is -0.978. The van der Waals surface area contributed by atoms with E-state index in [0.717, 1.165) is 68.5 Å². The zero-order chi connectivity index (χ0) is 26.8. The molecule has 2 N–H and O–H groups in total. The van der Waals surface area contributed by atoms with E-state index in [4.69, 9.17) is 5.73 Å². The second-order valence-corrected chi connectivity index (χ2v) is 11.7. The first kappa shape index (κ1) is 27.7. The van der Waals surface area contributed by atoms with Crippen LogP contribution in [0.25, 0.3) is 0 Å². The van der Waals surface area contributed by atoms with Gasteiger partial charge in [-0.3, -0.25) is 9.98 Å². The molecule has 1 saturated carbocycles. The largest absolute Gasteiger partial charge is 0.324 e. The highest BCUT2D eigenvalue weighted by atomic mass is 32.2. The average Bonchev–Trinajstić information content (AvgIpc) is 3.33. The number of pyridine rings is 1. The van der Waals surface area contributed by atoms with Crippen molar-refractivity contribution in [2.45, 2.75) is 56.9 Å². The molecule has 0 bridgehead atoms. The number of piperidine rings is 1. The number of nitrogens with zero attached hydrogens (tertiary/aromatic N) is 4. The third kappa shape index (κ3) is 5.76. The molecular formula is C29H39F2N5S. The Morgan fingerprint density at radius 1 is 1.30 bits per heavy atom. The number of nitrogens with two attached hydrogens (primary N) is 1. The van der Waals surface area contributed by atoms with Crippen molar-refractivity contribution < 1.29 is 8.78 Å². The van der Waals surface area contributed by atoms with E-state index in [1.165, 1.54) is 16.7 Å². The van der Waals surface area contributed by atoms with Crippen LogP contribution in [0.3, 0.4) is 0 Å². The van der Waals surface area contributed by atoms with Gasteiger partial charge in [0.15, 0.2) is 0 Å². The lowest BCUT2D eigenvalue weighted by atomic mass is 9.94. The van der Waals surface area contributed by atoms with E-state index >= 15 is 0 Å². The SMILES string of the molecule is CC/C=C(/SCCCN1C[C@@]2(N)C[C@@]2(c2ccc(C(C)(F)F)nc2)C1)N(C)C(=NC)c1cccc(C)c1. The molecule has 1 aliphatic heterocycles. The molecule has 2 atom stereocenters. The van der Waals surface area contributed by atoms with Crippen molar-refractivity contribution in [1.82, 2.24) is 14.8 Å². The highest BCUT2D eigenvalue weighted by Gasteiger charge is 2.70. The topological polar surface area (TPSA) is 57.8 Å². The van der Waals surface area contributed by atoms with Crippen molar-refractivity contribution in [2.24, 2.45) is 10.7 Å². The van der Waals surface area contributed by atoms with Crippen LogP contribution in [-0.2, 0) is 11.3 Å². The summed E-state index contributed by atoms with van der Waals surface area (Å²) in [6, 6.07) is 11.7. The summed E-state index contributed by atoms with van der Waals surface area (Å²) in [4.78, 5) is 13.3. The predicted octanol–water partition coefficient (Wildman–Crippen LogP) is 5.54. The Hall–Kier alpha value is -2.29. The van der Waals surface area contributed by atoms with E-state index in [0.29, 0.717) is 0 Å². The van der Waals surface area contributed by atoms with Gasteiger partial charge in [-0.1, -0.05) is 42.8 Å². The van der Waals surface area contributed by atoms with E-state index < -0.39 is 5.92 Å². The quantitative estimate of drug-likeness (QED) is 0.250. The molecule has 200 valence electrons. The van der Waals surface area contributed by atoms with Gasteiger partial charge in [-0.05, 0) is 50.4 Å². The lowest BCUT2D eigenvalue weighted by Gasteiger charge is -2.25. The van der Waals surface area contributed by atoms with E-state index in [1.54, 1.807) is 12.3 Å². The van der Waals surface area contributed by atoms with Crippen molar-refractivity contribution in [3.05, 3.63) is 76.1 Å². The van der Waals surface area contributed by atoms with Crippen LogP contribution in [0, 0.1) is 6.92 Å². The molecule has 1 aromatic heterocycles. The van der Waals surface area contributed by atoms with Crippen molar-refractivity contribution in [2.75, 3.05) is 39.5 Å². The molecule has 2 aliphatic rings. The van der Waals surface area contributed by atoms with Crippen molar-refractivity contribution in [3.8, 4) is 0 Å². The Balaban J connectivity index is 1.32. The molecule has 0 unspecified atom stereocenters. The van der Waals surface area contributed by atoms with Crippen LogP contribution in [0.5, 0.6) is 0 Å². The Bertz CT molecular complexity index is 1160. The molecule has 0 spiro atoms. The molecule has 37 heavy (non-hydrogen) atoms. The fourth-order valence-corrected chi connectivity index (χ4v) is 6.67. The summed E-state index contributed by atoms with van der Waals surface area (Å²) in [5.41, 5.74) is 9.40. The number of aliphatic imine (C=N–C) groups is 1. The number of rotatable bonds is 10. The normalized spacial score (nSPS) is 24.3. The Morgan fingerprint density at radius 3 is 2.70 bits per heavy atom. The number of benzene rings is 1. The average molecular weight is 528 g/mol. The Morgan fingerprint density at radius 2 is 2.08 bits per heavy atom. The fourth-order valence-electron chi connectivity index (χ4n) is 5.62. The Labute approximate surface area is 224 Å². The highest BCUT2D eigenvalue weighted by molar-refractivity contribution is 8.03. The molecule has 8 heteroatoms. The molecule has 2 heterocycles. The van der Waals surface area contributed by atoms with E-state index in [2.05, 4.69) is 71.0 Å². The van der Waals surface area contributed by atoms with E-state index in [1.807, 2.05) is 18.8 Å². The smallest absolute Gasteiger partial charge is 0.286 e. The molecule has 2 fully saturated rings. The number of hydrogen-bond donors (Lipinski definition) is 1. The molecule has 2 aromatic rings. The van der Waals surface area contributed by atoms with E-state index in [-0.39, 0.29) is 16.6 Å². The second-order valence-electron chi connectivity index (χ2n) is 10.6. The molecule has 1 saturated heterocycles. The minimum atomic E-state index is -2.93. The monoisotopic (exact) mass is 527 g/mol. The third-order valence-corrected chi connectivity index (χ3v) is 8.82. The fraction of sp³-hybridized carbons (Fsp3) is 0.517. The number of amidine groups is 1. The summed E-state index contributed by atoms with van der Waals surface area (Å²) in [6.45, 7) is 7.79. The van der Waals surface area contributed by atoms with Crippen LogP contribution in [0.15, 0.2) is 58.7 Å². The van der Waals surface area contributed by atoms with Gasteiger partial charge < -0.3 is 15.5 Å². The molecule has 4 rings (SSSR count). The minimum Gasteiger partial charge on any atom is -0.324 e. The zero-order valence-corrected chi connectivity index (χ0v) is 23.4. The molecule has 5 nitrogen and oxygen atoms in total. The van der Waals surface area contributed by atoms with Gasteiger partial charge in [0.1, 0.15) is 11.5 Å². The van der Waals surface area contributed by atoms with Crippen LogP contribution in [-0.4, -0.2) is 65.6 Å². The summed E-state index contributed by atoms with van der Waals surface area (Å²) in [6.07, 6.45) is 6.75. The van der Waals surface area contributed by atoms with Gasteiger partial charge in [0.25, 0.3) is 5.92 Å². The van der Waals surface area contributed by atoms with Crippen LogP contribution < -0.4 is 5.73 Å². The maximum atomic E-state index is 13.6. The van der Waals surface area contributed by atoms with Gasteiger partial charge in [-0.15, -0.1) is 11.8 Å². The predicted molar refractivity (Wildman–Crippen MR) is 150 cm³/mol. The molecule has 1 aliphatic carbocycles. The van der Waals surface area contributed by atoms with Crippen molar-refractivity contribution >= 4 is 17.6 Å². The summed E-state index contributed by atoms with van der Waals surface area (Å²) >= 11 is 1.86. The maximum absolute atomic E-state index is 13.6. The van der Waals surface area contributed by atoms with Gasteiger partial charge >= 0.3 is 0 Å². The highest BCUT2D eigenvalue weighted by Crippen LogP contribution is 2.60. The first-order chi connectivity index (χ1) is 17.5. The lowest BCUT2D eigenvalue weighted by Crippen LogP contribution is -2.34. The van der Waals surface area contributed by atoms with Crippen molar-refractivity contribution in [3.63, 3.8) is 0 Å². The van der Waals surface area contributed by atoms with Crippen LogP contribution in [0.4, 0.5) is 8.78 Å². The van der Waals surface area contributed by atoms with Gasteiger partial charge in [-0.25, -0.2) is 0 Å². The standard InChI is InChI=1S/C29H39F2N5S/c1-6-9-25(35(5)26(33-4)22-11-7-10-21(2)16-22)37-15-8-14-36-19-28(18-29(28,32)20-36)23-12-13-24(34-17-23)27(3,30)31/h7,9-13,16-17H,6,8,14-15,18-20,32H2,1-5H3/b25-9+,33-26?/t28-,29-/m0/s1. The number of halogens is 2. The third-order valence-electron chi connectivity index (χ3n) is 7.59. The number of alkyl halides is 2. The molecule has 1 aromatic carbocycles. The van der Waals surface area contributed by atoms with Crippen LogP contribution in [0.2, 0.25) is 0 Å². The van der Waals surface area contributed by atoms with Gasteiger partial charge in [0, 0.05) is 62.6 Å². The number of likely N-dealkylation sites (tertiary alicyclic amines) is 1. The zero-order valence-electron chi connectivity index (χ0n) is 22.6. The van der Waals surface area contributed by atoms with Gasteiger partial charge in [0.05, 0.1) is 5.03 Å². The first-order valence-electron chi connectivity index (χ1n) is 13.0. The summed E-state index contributed by atoms with van der Waals surface area (Å²) in [5, 5.41) is 1.21. The summed E-state index contributed by atoms with van der Waals surface area (Å²) in [7, 11) is 3.93. The number of allylic oxidation sites excluding steroid dienone is 1. The second kappa shape index (κ2) is 10.8. The minimum absolute atomic E-state index is 0.164. The maximum Gasteiger partial charge on any atom is 0.286 e. The van der Waals surface area contributed by atoms with Gasteiger partial charge in [-0.2, -0.15) is 8.78 Å².